The van der Waals surface area contributed by atoms with Crippen LogP contribution in [-0.4, -0.2) is 60.5 Å². The summed E-state index contributed by atoms with van der Waals surface area (Å²) >= 11 is 0. The first-order chi connectivity index (χ1) is 8.02. The molecule has 3 amide bonds. The van der Waals surface area contributed by atoms with E-state index in [-0.39, 0.29) is 32.1 Å². The number of likely N-dealkylation sites (N-methyl/N-ethyl adjacent to an activating group) is 1. The Labute approximate surface area is 100 Å². The molecule has 0 aliphatic carbocycles. The van der Waals surface area contributed by atoms with Crippen molar-refractivity contribution in [3.8, 4) is 0 Å². The summed E-state index contributed by atoms with van der Waals surface area (Å²) in [6.45, 7) is 3.87. The molecule has 0 aromatic rings. The van der Waals surface area contributed by atoms with E-state index in [1.807, 2.05) is 0 Å². The van der Waals surface area contributed by atoms with E-state index in [4.69, 9.17) is 5.11 Å². The molecule has 7 heteroatoms. The molecule has 0 aliphatic rings. The standard InChI is InChI=1S/C10H19N3O4/c1-3-13(6-7-14)10(17)9(16)12-5-4-11-8(2)15/h14H,3-7H2,1-2H3,(H,11,15)(H,12,16). The normalized spacial score (nSPS) is 9.59. The smallest absolute Gasteiger partial charge is 0.311 e. The fourth-order valence-electron chi connectivity index (χ4n) is 1.16. The maximum Gasteiger partial charge on any atom is 0.311 e. The van der Waals surface area contributed by atoms with Gasteiger partial charge in [-0.25, -0.2) is 0 Å². The van der Waals surface area contributed by atoms with Crippen LogP contribution in [0, 0.1) is 0 Å². The Hall–Kier alpha value is -1.63. The Morgan fingerprint density at radius 3 is 2.24 bits per heavy atom. The molecule has 0 rings (SSSR count). The third kappa shape index (κ3) is 6.52. The second-order valence-electron chi connectivity index (χ2n) is 3.35. The Morgan fingerprint density at radius 1 is 1.18 bits per heavy atom. The molecule has 0 atom stereocenters. The third-order valence-corrected chi connectivity index (χ3v) is 2.02. The fraction of sp³-hybridized carbons (Fsp3) is 0.700. The van der Waals surface area contributed by atoms with Crippen LogP contribution in [0.5, 0.6) is 0 Å². The summed E-state index contributed by atoms with van der Waals surface area (Å²) in [5.41, 5.74) is 0. The zero-order valence-electron chi connectivity index (χ0n) is 10.2. The number of hydrogen-bond donors (Lipinski definition) is 3. The lowest BCUT2D eigenvalue weighted by Crippen LogP contribution is -2.45. The van der Waals surface area contributed by atoms with Crippen molar-refractivity contribution in [3.63, 3.8) is 0 Å². The highest BCUT2D eigenvalue weighted by molar-refractivity contribution is 6.35. The fourth-order valence-corrected chi connectivity index (χ4v) is 1.16. The van der Waals surface area contributed by atoms with Crippen LogP contribution in [0.3, 0.4) is 0 Å². The number of amides is 3. The number of nitrogens with one attached hydrogen (secondary N) is 2. The Bertz CT molecular complexity index is 281. The van der Waals surface area contributed by atoms with Crippen molar-refractivity contribution in [2.45, 2.75) is 13.8 Å². The molecule has 0 unspecified atom stereocenters. The lowest BCUT2D eigenvalue weighted by atomic mass is 10.4. The van der Waals surface area contributed by atoms with Crippen molar-refractivity contribution in [3.05, 3.63) is 0 Å². The molecule has 0 heterocycles. The van der Waals surface area contributed by atoms with Gasteiger partial charge in [-0.15, -0.1) is 0 Å². The zero-order valence-corrected chi connectivity index (χ0v) is 10.2. The number of aliphatic hydroxyl groups excluding tert-OH is 1. The maximum atomic E-state index is 11.5. The molecular formula is C10H19N3O4. The van der Waals surface area contributed by atoms with Crippen LogP contribution in [0.2, 0.25) is 0 Å². The van der Waals surface area contributed by atoms with E-state index in [9.17, 15) is 14.4 Å². The highest BCUT2D eigenvalue weighted by Gasteiger charge is 2.19. The monoisotopic (exact) mass is 245 g/mol. The van der Waals surface area contributed by atoms with Gasteiger partial charge in [-0.2, -0.15) is 0 Å². The number of carbonyl (C=O) groups is 3. The molecule has 0 aliphatic heterocycles. The topological polar surface area (TPSA) is 98.7 Å². The van der Waals surface area contributed by atoms with Crippen molar-refractivity contribution >= 4 is 17.7 Å². The number of aliphatic hydroxyl groups is 1. The van der Waals surface area contributed by atoms with Gasteiger partial charge in [0.2, 0.25) is 5.91 Å². The molecule has 98 valence electrons. The summed E-state index contributed by atoms with van der Waals surface area (Å²) < 4.78 is 0. The van der Waals surface area contributed by atoms with Crippen molar-refractivity contribution in [1.82, 2.24) is 15.5 Å². The second-order valence-corrected chi connectivity index (χ2v) is 3.35. The van der Waals surface area contributed by atoms with Crippen molar-refractivity contribution in [1.29, 1.82) is 0 Å². The van der Waals surface area contributed by atoms with Crippen molar-refractivity contribution in [2.75, 3.05) is 32.8 Å². The van der Waals surface area contributed by atoms with Crippen LogP contribution in [-0.2, 0) is 14.4 Å². The lowest BCUT2D eigenvalue weighted by Gasteiger charge is -2.18. The molecular weight excluding hydrogens is 226 g/mol. The summed E-state index contributed by atoms with van der Waals surface area (Å²) in [7, 11) is 0. The Balaban J connectivity index is 3.95. The molecule has 0 saturated carbocycles. The number of hydrogen-bond acceptors (Lipinski definition) is 4. The number of carbonyl (C=O) groups excluding carboxylic acids is 3. The summed E-state index contributed by atoms with van der Waals surface area (Å²) in [6, 6.07) is 0. The van der Waals surface area contributed by atoms with Gasteiger partial charge in [0.1, 0.15) is 0 Å². The van der Waals surface area contributed by atoms with Gasteiger partial charge >= 0.3 is 11.8 Å². The minimum Gasteiger partial charge on any atom is -0.395 e. The minimum atomic E-state index is -0.731. The van der Waals surface area contributed by atoms with Crippen LogP contribution in [0.1, 0.15) is 13.8 Å². The van der Waals surface area contributed by atoms with Gasteiger partial charge < -0.3 is 20.6 Å². The molecule has 0 fully saturated rings. The summed E-state index contributed by atoms with van der Waals surface area (Å²) in [5, 5.41) is 13.6. The minimum absolute atomic E-state index is 0.133. The second kappa shape index (κ2) is 8.51. The molecule has 3 N–H and O–H groups in total. The van der Waals surface area contributed by atoms with Gasteiger partial charge in [0.15, 0.2) is 0 Å². The van der Waals surface area contributed by atoms with E-state index >= 15 is 0 Å². The SMILES string of the molecule is CCN(CCO)C(=O)C(=O)NCCNC(C)=O. The molecule has 0 bridgehead atoms. The van der Waals surface area contributed by atoms with E-state index in [2.05, 4.69) is 10.6 Å². The predicted molar refractivity (Wildman–Crippen MR) is 61.0 cm³/mol. The van der Waals surface area contributed by atoms with Gasteiger partial charge in [0.25, 0.3) is 0 Å². The average Bonchev–Trinajstić information content (AvgIpc) is 2.30. The van der Waals surface area contributed by atoms with Crippen LogP contribution in [0.25, 0.3) is 0 Å². The van der Waals surface area contributed by atoms with Crippen molar-refractivity contribution in [2.24, 2.45) is 0 Å². The predicted octanol–water partition coefficient (Wildman–Crippen LogP) is -1.92. The molecule has 0 aromatic heterocycles. The van der Waals surface area contributed by atoms with E-state index in [1.165, 1.54) is 11.8 Å². The Kier molecular flexibility index (Phi) is 7.70. The average molecular weight is 245 g/mol. The summed E-state index contributed by atoms with van der Waals surface area (Å²) in [4.78, 5) is 34.7. The van der Waals surface area contributed by atoms with Crippen LogP contribution < -0.4 is 10.6 Å². The van der Waals surface area contributed by atoms with Crippen LogP contribution >= 0.6 is 0 Å². The van der Waals surface area contributed by atoms with Gasteiger partial charge in [-0.05, 0) is 6.92 Å². The highest BCUT2D eigenvalue weighted by atomic mass is 16.3. The molecule has 0 radical (unpaired) electrons. The first kappa shape index (κ1) is 15.4. The molecule has 0 saturated heterocycles. The lowest BCUT2D eigenvalue weighted by molar-refractivity contribution is -0.146. The molecule has 17 heavy (non-hydrogen) atoms. The largest absolute Gasteiger partial charge is 0.395 e. The zero-order chi connectivity index (χ0) is 13.3. The first-order valence-electron chi connectivity index (χ1n) is 5.45. The maximum absolute atomic E-state index is 11.5. The van der Waals surface area contributed by atoms with Gasteiger partial charge in [-0.1, -0.05) is 0 Å². The van der Waals surface area contributed by atoms with E-state index < -0.39 is 11.8 Å². The number of rotatable bonds is 6. The van der Waals surface area contributed by atoms with Crippen LogP contribution in [0.4, 0.5) is 0 Å². The van der Waals surface area contributed by atoms with Crippen LogP contribution in [0.15, 0.2) is 0 Å². The summed E-state index contributed by atoms with van der Waals surface area (Å²) in [6.07, 6.45) is 0. The van der Waals surface area contributed by atoms with Gasteiger partial charge in [0.05, 0.1) is 6.61 Å². The van der Waals surface area contributed by atoms with Crippen molar-refractivity contribution < 1.29 is 19.5 Å². The van der Waals surface area contributed by atoms with Gasteiger partial charge in [0, 0.05) is 33.1 Å². The highest BCUT2D eigenvalue weighted by Crippen LogP contribution is 1.88. The summed E-state index contributed by atoms with van der Waals surface area (Å²) in [5.74, 6) is -1.60. The molecule has 0 aromatic carbocycles. The Morgan fingerprint density at radius 2 is 1.76 bits per heavy atom. The van der Waals surface area contributed by atoms with E-state index in [0.29, 0.717) is 6.54 Å². The van der Waals surface area contributed by atoms with E-state index in [0.717, 1.165) is 0 Å². The first-order valence-corrected chi connectivity index (χ1v) is 5.45. The number of nitrogens with zero attached hydrogens (tertiary/aromatic N) is 1. The van der Waals surface area contributed by atoms with E-state index in [1.54, 1.807) is 6.92 Å². The molecule has 0 spiro atoms. The third-order valence-electron chi connectivity index (χ3n) is 2.02. The van der Waals surface area contributed by atoms with Gasteiger partial charge in [-0.3, -0.25) is 14.4 Å². The quantitative estimate of drug-likeness (QED) is 0.375. The molecule has 7 nitrogen and oxygen atoms in total.